The fraction of sp³-hybridized carbons (Fsp3) is 0.889. The largest absolute Gasteiger partial charge is 0.481 e. The fourth-order valence-electron chi connectivity index (χ4n) is 1.71. The quantitative estimate of drug-likeness (QED) is 0.709. The number of hydrogen-bond donors (Lipinski definition) is 1. The van der Waals surface area contributed by atoms with E-state index in [1.54, 1.807) is 0 Å². The van der Waals surface area contributed by atoms with Crippen molar-refractivity contribution in [2.75, 3.05) is 0 Å². The van der Waals surface area contributed by atoms with Crippen LogP contribution in [0.4, 0.5) is 0 Å². The number of carboxylic acid groups (broad SMARTS) is 1. The lowest BCUT2D eigenvalue weighted by Gasteiger charge is -2.18. The van der Waals surface area contributed by atoms with Gasteiger partial charge in [0.05, 0.1) is 5.92 Å². The molecule has 3 heteroatoms. The van der Waals surface area contributed by atoms with E-state index in [-0.39, 0.29) is 5.92 Å². The Morgan fingerprint density at radius 3 is 2.08 bits per heavy atom. The second-order valence-electron chi connectivity index (χ2n) is 3.49. The number of halogens is 1. The maximum atomic E-state index is 10.7. The predicted molar refractivity (Wildman–Crippen MR) is 51.5 cm³/mol. The smallest absolute Gasteiger partial charge is 0.306 e. The number of hydrogen-bond acceptors (Lipinski definition) is 1. The van der Waals surface area contributed by atoms with Gasteiger partial charge in [0.1, 0.15) is 0 Å². The van der Waals surface area contributed by atoms with E-state index in [0.29, 0.717) is 4.83 Å². The lowest BCUT2D eigenvalue weighted by atomic mass is 9.91. The van der Waals surface area contributed by atoms with Crippen LogP contribution in [0.2, 0.25) is 0 Å². The van der Waals surface area contributed by atoms with Crippen molar-refractivity contribution in [3.63, 3.8) is 0 Å². The second-order valence-corrected chi connectivity index (χ2v) is 4.79. The molecule has 0 bridgehead atoms. The van der Waals surface area contributed by atoms with E-state index in [1.807, 2.05) is 0 Å². The van der Waals surface area contributed by atoms with Gasteiger partial charge in [0, 0.05) is 4.83 Å². The molecule has 1 aliphatic carbocycles. The van der Waals surface area contributed by atoms with Crippen molar-refractivity contribution in [1.82, 2.24) is 0 Å². The zero-order valence-electron chi connectivity index (χ0n) is 7.13. The molecule has 0 heterocycles. The Balaban J connectivity index is 2.35. The van der Waals surface area contributed by atoms with Crippen LogP contribution in [-0.4, -0.2) is 15.9 Å². The summed E-state index contributed by atoms with van der Waals surface area (Å²) in [6.07, 6.45) is 6.07. The molecule has 1 fully saturated rings. The lowest BCUT2D eigenvalue weighted by Crippen LogP contribution is -2.16. The van der Waals surface area contributed by atoms with Crippen LogP contribution in [0.3, 0.4) is 0 Å². The average Bonchev–Trinajstić information content (AvgIpc) is 1.95. The third kappa shape index (κ3) is 3.13. The summed E-state index contributed by atoms with van der Waals surface area (Å²) in [5.74, 6) is -0.687. The Hall–Kier alpha value is -0.0500. The number of rotatable bonds is 1. The van der Waals surface area contributed by atoms with Gasteiger partial charge >= 0.3 is 5.97 Å². The van der Waals surface area contributed by atoms with Gasteiger partial charge in [0.2, 0.25) is 0 Å². The van der Waals surface area contributed by atoms with Gasteiger partial charge in [0.15, 0.2) is 0 Å². The van der Waals surface area contributed by atoms with Crippen molar-refractivity contribution < 1.29 is 9.90 Å². The van der Waals surface area contributed by atoms with Crippen LogP contribution in [0.25, 0.3) is 0 Å². The highest BCUT2D eigenvalue weighted by Gasteiger charge is 2.20. The summed E-state index contributed by atoms with van der Waals surface area (Å²) < 4.78 is 0. The van der Waals surface area contributed by atoms with Gasteiger partial charge in [-0.3, -0.25) is 4.79 Å². The van der Waals surface area contributed by atoms with Gasteiger partial charge < -0.3 is 5.11 Å². The van der Waals surface area contributed by atoms with Gasteiger partial charge in [-0.05, 0) is 25.7 Å². The summed E-state index contributed by atoms with van der Waals surface area (Å²) >= 11 is 3.58. The third-order valence-electron chi connectivity index (χ3n) is 2.49. The Morgan fingerprint density at radius 1 is 1.17 bits per heavy atom. The predicted octanol–water partition coefficient (Wildman–Crippen LogP) is 2.80. The van der Waals surface area contributed by atoms with Crippen molar-refractivity contribution in [3.8, 4) is 0 Å². The van der Waals surface area contributed by atoms with Crippen LogP contribution < -0.4 is 0 Å². The molecule has 1 aliphatic rings. The lowest BCUT2D eigenvalue weighted by molar-refractivity contribution is -0.142. The monoisotopic (exact) mass is 234 g/mol. The molecule has 0 radical (unpaired) electrons. The van der Waals surface area contributed by atoms with E-state index in [1.165, 1.54) is 0 Å². The molecule has 0 saturated heterocycles. The molecule has 0 aromatic rings. The molecular weight excluding hydrogens is 220 g/mol. The Bertz CT molecular complexity index is 149. The minimum atomic E-state index is -0.608. The fourth-order valence-corrected chi connectivity index (χ4v) is 2.35. The summed E-state index contributed by atoms with van der Waals surface area (Å²) in [6.45, 7) is 0. The first-order valence-electron chi connectivity index (χ1n) is 4.57. The number of carboxylic acids is 1. The van der Waals surface area contributed by atoms with Crippen LogP contribution in [0.1, 0.15) is 38.5 Å². The number of carbonyl (C=O) groups is 1. The van der Waals surface area contributed by atoms with Gasteiger partial charge in [-0.2, -0.15) is 0 Å². The molecule has 1 N–H and O–H groups in total. The maximum Gasteiger partial charge on any atom is 0.306 e. The highest BCUT2D eigenvalue weighted by atomic mass is 79.9. The van der Waals surface area contributed by atoms with Gasteiger partial charge in [-0.25, -0.2) is 0 Å². The standard InChI is InChI=1S/C9H15BrO2/c10-8-5-1-3-7(9(11)12)4-2-6-8/h7-8H,1-6H2,(H,11,12). The SMILES string of the molecule is O=C(O)C1CCCC(Br)CCC1. The topological polar surface area (TPSA) is 37.3 Å². The van der Waals surface area contributed by atoms with Crippen LogP contribution in [0, 0.1) is 5.92 Å². The first-order chi connectivity index (χ1) is 5.70. The summed E-state index contributed by atoms with van der Waals surface area (Å²) in [4.78, 5) is 11.3. The van der Waals surface area contributed by atoms with Crippen LogP contribution in [-0.2, 0) is 4.79 Å². The van der Waals surface area contributed by atoms with E-state index in [0.717, 1.165) is 38.5 Å². The first-order valence-corrected chi connectivity index (χ1v) is 5.48. The minimum Gasteiger partial charge on any atom is -0.481 e. The first kappa shape index (κ1) is 10.0. The molecule has 0 atom stereocenters. The van der Waals surface area contributed by atoms with Crippen molar-refractivity contribution in [2.45, 2.75) is 43.4 Å². The van der Waals surface area contributed by atoms with Crippen molar-refractivity contribution in [2.24, 2.45) is 5.92 Å². The Labute approximate surface area is 81.5 Å². The summed E-state index contributed by atoms with van der Waals surface area (Å²) in [5, 5.41) is 8.81. The molecule has 0 spiro atoms. The summed E-state index contributed by atoms with van der Waals surface area (Å²) in [6, 6.07) is 0. The van der Waals surface area contributed by atoms with Gasteiger partial charge in [-0.1, -0.05) is 28.8 Å². The van der Waals surface area contributed by atoms with E-state index in [2.05, 4.69) is 15.9 Å². The van der Waals surface area contributed by atoms with E-state index in [4.69, 9.17) is 5.11 Å². The molecule has 0 amide bonds. The molecule has 1 saturated carbocycles. The van der Waals surface area contributed by atoms with Crippen LogP contribution in [0.15, 0.2) is 0 Å². The normalized spacial score (nSPS) is 32.1. The molecule has 12 heavy (non-hydrogen) atoms. The van der Waals surface area contributed by atoms with Crippen LogP contribution >= 0.6 is 15.9 Å². The highest BCUT2D eigenvalue weighted by Crippen LogP contribution is 2.26. The molecule has 0 aromatic heterocycles. The molecule has 0 aromatic carbocycles. The second kappa shape index (κ2) is 4.85. The molecular formula is C9H15BrO2. The van der Waals surface area contributed by atoms with Gasteiger partial charge in [-0.15, -0.1) is 0 Å². The highest BCUT2D eigenvalue weighted by molar-refractivity contribution is 9.09. The van der Waals surface area contributed by atoms with E-state index >= 15 is 0 Å². The Morgan fingerprint density at radius 2 is 1.67 bits per heavy atom. The van der Waals surface area contributed by atoms with Crippen molar-refractivity contribution in [1.29, 1.82) is 0 Å². The summed E-state index contributed by atoms with van der Waals surface area (Å²) in [5.41, 5.74) is 0. The number of alkyl halides is 1. The van der Waals surface area contributed by atoms with Crippen molar-refractivity contribution >= 4 is 21.9 Å². The molecule has 2 nitrogen and oxygen atoms in total. The Kier molecular flexibility index (Phi) is 4.06. The van der Waals surface area contributed by atoms with E-state index in [9.17, 15) is 4.79 Å². The van der Waals surface area contributed by atoms with Crippen molar-refractivity contribution in [3.05, 3.63) is 0 Å². The summed E-state index contributed by atoms with van der Waals surface area (Å²) in [7, 11) is 0. The van der Waals surface area contributed by atoms with Gasteiger partial charge in [0.25, 0.3) is 0 Å². The van der Waals surface area contributed by atoms with E-state index < -0.39 is 5.97 Å². The minimum absolute atomic E-state index is 0.0787. The van der Waals surface area contributed by atoms with Crippen LogP contribution in [0.5, 0.6) is 0 Å². The maximum absolute atomic E-state index is 10.7. The third-order valence-corrected chi connectivity index (χ3v) is 3.40. The average molecular weight is 235 g/mol. The zero-order valence-corrected chi connectivity index (χ0v) is 8.72. The zero-order chi connectivity index (χ0) is 8.97. The molecule has 0 aliphatic heterocycles. The number of aliphatic carboxylic acids is 1. The molecule has 0 unspecified atom stereocenters. The molecule has 1 rings (SSSR count). The molecule has 70 valence electrons.